The third-order valence-electron chi connectivity index (χ3n) is 3.54. The summed E-state index contributed by atoms with van der Waals surface area (Å²) < 4.78 is 10.9. The Morgan fingerprint density at radius 2 is 1.88 bits per heavy atom. The van der Waals surface area contributed by atoms with Crippen LogP contribution < -0.4 is 10.1 Å². The molecule has 7 nitrogen and oxygen atoms in total. The second-order valence-electron chi connectivity index (χ2n) is 6.00. The van der Waals surface area contributed by atoms with Crippen molar-refractivity contribution in [1.29, 1.82) is 0 Å². The van der Waals surface area contributed by atoms with Gasteiger partial charge in [0.25, 0.3) is 5.91 Å². The van der Waals surface area contributed by atoms with Crippen LogP contribution in [0.15, 0.2) is 53.3 Å². The van der Waals surface area contributed by atoms with Crippen molar-refractivity contribution in [1.82, 2.24) is 20.4 Å². The number of aromatic nitrogens is 3. The molecule has 0 aliphatic carbocycles. The van der Waals surface area contributed by atoms with Gasteiger partial charge in [0.15, 0.2) is 5.60 Å². The monoisotopic (exact) mass is 372 g/mol. The van der Waals surface area contributed by atoms with Gasteiger partial charge in [0.05, 0.1) is 6.54 Å². The van der Waals surface area contributed by atoms with E-state index in [1.54, 1.807) is 62.6 Å². The maximum atomic E-state index is 12.4. The molecule has 0 atom stereocenters. The van der Waals surface area contributed by atoms with Gasteiger partial charge in [-0.3, -0.25) is 9.78 Å². The predicted molar refractivity (Wildman–Crippen MR) is 95.5 cm³/mol. The van der Waals surface area contributed by atoms with Gasteiger partial charge in [0, 0.05) is 23.0 Å². The molecule has 3 aromatic rings. The van der Waals surface area contributed by atoms with Crippen LogP contribution in [0.25, 0.3) is 11.4 Å². The fourth-order valence-corrected chi connectivity index (χ4v) is 2.28. The molecule has 2 heterocycles. The summed E-state index contributed by atoms with van der Waals surface area (Å²) in [5.41, 5.74) is -0.297. The molecule has 0 unspecified atom stereocenters. The number of carbonyl (C=O) groups is 1. The van der Waals surface area contributed by atoms with Crippen LogP contribution in [0.1, 0.15) is 19.7 Å². The molecular formula is C18H17ClN4O3. The van der Waals surface area contributed by atoms with Crippen molar-refractivity contribution < 1.29 is 14.1 Å². The molecule has 26 heavy (non-hydrogen) atoms. The molecular weight excluding hydrogens is 356 g/mol. The maximum Gasteiger partial charge on any atom is 0.264 e. The zero-order chi connectivity index (χ0) is 18.6. The number of amides is 1. The second-order valence-corrected chi connectivity index (χ2v) is 6.43. The molecule has 1 aromatic carbocycles. The van der Waals surface area contributed by atoms with Crippen LogP contribution >= 0.6 is 11.6 Å². The van der Waals surface area contributed by atoms with E-state index in [-0.39, 0.29) is 12.5 Å². The summed E-state index contributed by atoms with van der Waals surface area (Å²) in [6.45, 7) is 3.45. The number of halogens is 1. The highest BCUT2D eigenvalue weighted by Crippen LogP contribution is 2.21. The summed E-state index contributed by atoms with van der Waals surface area (Å²) in [4.78, 5) is 20.6. The Morgan fingerprint density at radius 3 is 2.58 bits per heavy atom. The fourth-order valence-electron chi connectivity index (χ4n) is 2.16. The van der Waals surface area contributed by atoms with Gasteiger partial charge in [-0.2, -0.15) is 4.98 Å². The average molecular weight is 373 g/mol. The molecule has 0 bridgehead atoms. The molecule has 0 aliphatic heterocycles. The van der Waals surface area contributed by atoms with Gasteiger partial charge >= 0.3 is 0 Å². The number of benzene rings is 1. The number of hydrogen-bond acceptors (Lipinski definition) is 6. The van der Waals surface area contributed by atoms with Gasteiger partial charge in [0.2, 0.25) is 11.7 Å². The Kier molecular flexibility index (Phi) is 5.18. The highest BCUT2D eigenvalue weighted by Gasteiger charge is 2.30. The third kappa shape index (κ3) is 4.37. The molecule has 0 aliphatic rings. The van der Waals surface area contributed by atoms with E-state index in [0.29, 0.717) is 22.5 Å². The quantitative estimate of drug-likeness (QED) is 0.714. The lowest BCUT2D eigenvalue weighted by Gasteiger charge is -2.25. The summed E-state index contributed by atoms with van der Waals surface area (Å²) in [6, 6.07) is 10.4. The van der Waals surface area contributed by atoms with E-state index < -0.39 is 5.60 Å². The Bertz CT molecular complexity index is 879. The summed E-state index contributed by atoms with van der Waals surface area (Å²) in [7, 11) is 0. The van der Waals surface area contributed by atoms with Crippen molar-refractivity contribution in [2.24, 2.45) is 0 Å². The van der Waals surface area contributed by atoms with Crippen LogP contribution in [-0.2, 0) is 11.3 Å². The number of nitrogens with zero attached hydrogens (tertiary/aromatic N) is 3. The first-order valence-corrected chi connectivity index (χ1v) is 8.28. The lowest BCUT2D eigenvalue weighted by Crippen LogP contribution is -2.46. The van der Waals surface area contributed by atoms with Crippen LogP contribution in [0, 0.1) is 0 Å². The number of ether oxygens (including phenoxy) is 1. The van der Waals surface area contributed by atoms with Crippen LogP contribution in [-0.4, -0.2) is 26.6 Å². The third-order valence-corrected chi connectivity index (χ3v) is 3.79. The predicted octanol–water partition coefficient (Wildman–Crippen LogP) is 3.26. The molecule has 0 fully saturated rings. The van der Waals surface area contributed by atoms with Crippen LogP contribution in [0.5, 0.6) is 5.75 Å². The van der Waals surface area contributed by atoms with Crippen molar-refractivity contribution in [2.45, 2.75) is 26.0 Å². The van der Waals surface area contributed by atoms with Crippen molar-refractivity contribution in [3.8, 4) is 17.1 Å². The lowest BCUT2D eigenvalue weighted by molar-refractivity contribution is -0.134. The van der Waals surface area contributed by atoms with E-state index in [4.69, 9.17) is 20.9 Å². The lowest BCUT2D eigenvalue weighted by atomic mass is 10.1. The van der Waals surface area contributed by atoms with Crippen LogP contribution in [0.2, 0.25) is 5.02 Å². The van der Waals surface area contributed by atoms with Crippen LogP contribution in [0.3, 0.4) is 0 Å². The summed E-state index contributed by atoms with van der Waals surface area (Å²) >= 11 is 5.85. The van der Waals surface area contributed by atoms with Gasteiger partial charge < -0.3 is 14.6 Å². The van der Waals surface area contributed by atoms with E-state index in [9.17, 15) is 4.79 Å². The fraction of sp³-hybridized carbons (Fsp3) is 0.222. The highest BCUT2D eigenvalue weighted by molar-refractivity contribution is 6.30. The summed E-state index contributed by atoms with van der Waals surface area (Å²) in [6.07, 6.45) is 3.29. The van der Waals surface area contributed by atoms with Gasteiger partial charge in [-0.25, -0.2) is 0 Å². The van der Waals surface area contributed by atoms with E-state index in [1.165, 1.54) is 0 Å². The highest BCUT2D eigenvalue weighted by atomic mass is 35.5. The Balaban J connectivity index is 1.59. The summed E-state index contributed by atoms with van der Waals surface area (Å²) in [5, 5.41) is 7.23. The Morgan fingerprint density at radius 1 is 1.19 bits per heavy atom. The van der Waals surface area contributed by atoms with E-state index in [2.05, 4.69) is 20.4 Å². The minimum atomic E-state index is -1.08. The number of hydrogen-bond donors (Lipinski definition) is 1. The molecule has 0 spiro atoms. The van der Waals surface area contributed by atoms with Gasteiger partial charge in [-0.1, -0.05) is 16.8 Å². The standard InChI is InChI=1S/C18H17ClN4O3/c1-18(2,25-14-5-3-13(19)4-6-14)17(24)21-11-15-22-16(23-26-15)12-7-9-20-10-8-12/h3-10H,11H2,1-2H3,(H,21,24). The molecule has 8 heteroatoms. The van der Waals surface area contributed by atoms with Crippen molar-refractivity contribution >= 4 is 17.5 Å². The van der Waals surface area contributed by atoms with Gasteiger partial charge in [0.1, 0.15) is 5.75 Å². The largest absolute Gasteiger partial charge is 0.478 e. The van der Waals surface area contributed by atoms with Crippen molar-refractivity contribution in [3.05, 3.63) is 59.7 Å². The zero-order valence-electron chi connectivity index (χ0n) is 14.3. The Labute approximate surface area is 155 Å². The van der Waals surface area contributed by atoms with Gasteiger partial charge in [-0.05, 0) is 50.2 Å². The summed E-state index contributed by atoms with van der Waals surface area (Å²) in [5.74, 6) is 0.976. The SMILES string of the molecule is CC(C)(Oc1ccc(Cl)cc1)C(=O)NCc1nc(-c2ccncc2)no1. The van der Waals surface area contributed by atoms with Gasteiger partial charge in [-0.15, -0.1) is 0 Å². The van der Waals surface area contributed by atoms with Crippen molar-refractivity contribution in [2.75, 3.05) is 0 Å². The molecule has 2 aromatic heterocycles. The van der Waals surface area contributed by atoms with Crippen LogP contribution in [0.4, 0.5) is 0 Å². The topological polar surface area (TPSA) is 90.1 Å². The minimum Gasteiger partial charge on any atom is -0.478 e. The first-order valence-electron chi connectivity index (χ1n) is 7.90. The number of nitrogens with one attached hydrogen (secondary N) is 1. The number of rotatable bonds is 6. The molecule has 0 radical (unpaired) electrons. The smallest absolute Gasteiger partial charge is 0.264 e. The normalized spacial score (nSPS) is 11.2. The zero-order valence-corrected chi connectivity index (χ0v) is 15.0. The second kappa shape index (κ2) is 7.53. The molecule has 1 amide bonds. The molecule has 134 valence electrons. The van der Waals surface area contributed by atoms with E-state index in [0.717, 1.165) is 5.56 Å². The molecule has 0 saturated heterocycles. The Hall–Kier alpha value is -2.93. The molecule has 1 N–H and O–H groups in total. The number of carbonyl (C=O) groups excluding carboxylic acids is 1. The number of pyridine rings is 1. The van der Waals surface area contributed by atoms with Crippen molar-refractivity contribution in [3.63, 3.8) is 0 Å². The maximum absolute atomic E-state index is 12.4. The van der Waals surface area contributed by atoms with E-state index in [1.807, 2.05) is 0 Å². The molecule has 3 rings (SSSR count). The minimum absolute atomic E-state index is 0.102. The van der Waals surface area contributed by atoms with E-state index >= 15 is 0 Å². The molecule has 0 saturated carbocycles. The first-order chi connectivity index (χ1) is 12.4. The first kappa shape index (κ1) is 17.9. The average Bonchev–Trinajstić information content (AvgIpc) is 3.11.